The molecular weight excluding hydrogens is 488 g/mol. The second-order valence-electron chi connectivity index (χ2n) is 8.07. The molecule has 0 saturated carbocycles. The number of benzene rings is 2. The van der Waals surface area contributed by atoms with Crippen LogP contribution < -0.4 is 0 Å². The first kappa shape index (κ1) is 24.0. The third kappa shape index (κ3) is 4.03. The molecule has 3 N–H and O–H groups in total. The molecule has 36 heavy (non-hydrogen) atoms. The molecule has 3 heterocycles. The zero-order chi connectivity index (χ0) is 25.6. The summed E-state index contributed by atoms with van der Waals surface area (Å²) in [6, 6.07) is 5.85. The van der Waals surface area contributed by atoms with Gasteiger partial charge in [0.05, 0.1) is 12.8 Å². The normalized spacial score (nSPS) is 24.2. The molecule has 1 aliphatic heterocycles. The van der Waals surface area contributed by atoms with Gasteiger partial charge in [0.1, 0.15) is 54.0 Å². The first-order valence-corrected chi connectivity index (χ1v) is 10.6. The van der Waals surface area contributed by atoms with Crippen molar-refractivity contribution in [1.82, 2.24) is 29.8 Å². The van der Waals surface area contributed by atoms with Gasteiger partial charge in [-0.15, -0.1) is 5.10 Å². The van der Waals surface area contributed by atoms with Gasteiger partial charge in [0.15, 0.2) is 23.3 Å². The molecule has 0 amide bonds. The Bertz CT molecular complexity index is 1380. The molecule has 1 saturated heterocycles. The minimum Gasteiger partial charge on any atom is -0.394 e. The van der Waals surface area contributed by atoms with E-state index in [0.29, 0.717) is 0 Å². The van der Waals surface area contributed by atoms with Crippen LogP contribution in [0.2, 0.25) is 0 Å². The summed E-state index contributed by atoms with van der Waals surface area (Å²) in [5.74, 6) is -5.15. The van der Waals surface area contributed by atoms with Crippen molar-refractivity contribution in [2.45, 2.75) is 30.5 Å². The summed E-state index contributed by atoms with van der Waals surface area (Å²) in [7, 11) is 0. The molecule has 0 radical (unpaired) electrons. The molecule has 5 rings (SSSR count). The van der Waals surface area contributed by atoms with Gasteiger partial charge < -0.3 is 20.1 Å². The largest absolute Gasteiger partial charge is 0.394 e. The fraction of sp³-hybridized carbons (Fsp3) is 0.273. The summed E-state index contributed by atoms with van der Waals surface area (Å²) in [6.07, 6.45) is -3.33. The number of para-hydroxylation sites is 1. The van der Waals surface area contributed by atoms with Crippen LogP contribution in [0.1, 0.15) is 18.0 Å². The zero-order valence-corrected chi connectivity index (χ0v) is 18.2. The number of hydrogen-bond acceptors (Lipinski definition) is 8. The maximum atomic E-state index is 14.4. The third-order valence-electron chi connectivity index (χ3n) is 5.90. The van der Waals surface area contributed by atoms with Crippen LogP contribution in [0.5, 0.6) is 0 Å². The number of nitrogens with zero attached hydrogens (tertiary/aromatic N) is 6. The molecule has 1 fully saturated rings. The second-order valence-corrected chi connectivity index (χ2v) is 8.07. The van der Waals surface area contributed by atoms with Crippen LogP contribution in [0.4, 0.5) is 17.6 Å². The highest BCUT2D eigenvalue weighted by atomic mass is 19.2. The average molecular weight is 506 g/mol. The van der Waals surface area contributed by atoms with Gasteiger partial charge in [-0.25, -0.2) is 31.9 Å². The summed E-state index contributed by atoms with van der Waals surface area (Å²) in [5.41, 5.74) is -0.194. The molecule has 4 aromatic rings. The maximum absolute atomic E-state index is 14.4. The molecule has 0 aliphatic carbocycles. The van der Waals surface area contributed by atoms with Gasteiger partial charge in [-0.1, -0.05) is 17.3 Å². The number of aromatic nitrogens is 6. The minimum absolute atomic E-state index is 0.0208. The third-order valence-corrected chi connectivity index (χ3v) is 5.90. The lowest BCUT2D eigenvalue weighted by atomic mass is 9.92. The fourth-order valence-corrected chi connectivity index (χ4v) is 4.14. The first-order valence-electron chi connectivity index (χ1n) is 10.6. The van der Waals surface area contributed by atoms with E-state index in [2.05, 4.69) is 20.4 Å². The Balaban J connectivity index is 1.52. The fourth-order valence-electron chi connectivity index (χ4n) is 4.14. The summed E-state index contributed by atoms with van der Waals surface area (Å²) in [6.45, 7) is -0.662. The molecule has 2 aromatic carbocycles. The highest BCUT2D eigenvalue weighted by Gasteiger charge is 2.48. The van der Waals surface area contributed by atoms with Crippen LogP contribution in [0.3, 0.4) is 0 Å². The van der Waals surface area contributed by atoms with E-state index in [1.165, 1.54) is 24.4 Å². The average Bonchev–Trinajstić information content (AvgIpc) is 3.53. The van der Waals surface area contributed by atoms with Gasteiger partial charge in [-0.05, 0) is 24.3 Å². The van der Waals surface area contributed by atoms with Crippen molar-refractivity contribution in [3.05, 3.63) is 78.0 Å². The topological polar surface area (TPSA) is 131 Å². The Morgan fingerprint density at radius 3 is 2.39 bits per heavy atom. The van der Waals surface area contributed by atoms with Crippen molar-refractivity contribution in [3.63, 3.8) is 0 Å². The highest BCUT2D eigenvalue weighted by molar-refractivity contribution is 5.58. The van der Waals surface area contributed by atoms with E-state index in [9.17, 15) is 32.9 Å². The highest BCUT2D eigenvalue weighted by Crippen LogP contribution is 2.38. The molecule has 1 aliphatic rings. The smallest absolute Gasteiger partial charge is 0.194 e. The van der Waals surface area contributed by atoms with E-state index in [0.717, 1.165) is 27.8 Å². The Labute approximate surface area is 200 Å². The summed E-state index contributed by atoms with van der Waals surface area (Å²) < 4.78 is 63.0. The van der Waals surface area contributed by atoms with Crippen molar-refractivity contribution in [2.75, 3.05) is 6.61 Å². The van der Waals surface area contributed by atoms with Crippen LogP contribution in [0.25, 0.3) is 16.9 Å². The van der Waals surface area contributed by atoms with E-state index >= 15 is 0 Å². The molecule has 14 heteroatoms. The van der Waals surface area contributed by atoms with E-state index in [4.69, 9.17) is 4.74 Å². The number of rotatable bonds is 5. The summed E-state index contributed by atoms with van der Waals surface area (Å²) in [4.78, 5) is 4.08. The lowest BCUT2D eigenvalue weighted by Gasteiger charge is -2.41. The Morgan fingerprint density at radius 2 is 1.69 bits per heavy atom. The Morgan fingerprint density at radius 1 is 0.972 bits per heavy atom. The maximum Gasteiger partial charge on any atom is 0.194 e. The quantitative estimate of drug-likeness (QED) is 0.274. The molecule has 0 spiro atoms. The summed E-state index contributed by atoms with van der Waals surface area (Å²) >= 11 is 0. The van der Waals surface area contributed by atoms with Crippen LogP contribution in [-0.2, 0) is 4.74 Å². The van der Waals surface area contributed by atoms with Crippen molar-refractivity contribution in [1.29, 1.82) is 0 Å². The van der Waals surface area contributed by atoms with Crippen LogP contribution >= 0.6 is 0 Å². The summed E-state index contributed by atoms with van der Waals surface area (Å²) in [5, 5.41) is 43.4. The van der Waals surface area contributed by atoms with Gasteiger partial charge in [-0.2, -0.15) is 5.10 Å². The molecule has 10 nitrogen and oxygen atoms in total. The van der Waals surface area contributed by atoms with Gasteiger partial charge in [0.2, 0.25) is 0 Å². The number of aliphatic hydroxyl groups is 3. The van der Waals surface area contributed by atoms with Gasteiger partial charge >= 0.3 is 0 Å². The van der Waals surface area contributed by atoms with E-state index < -0.39 is 60.3 Å². The molecule has 0 unspecified atom stereocenters. The van der Waals surface area contributed by atoms with Crippen LogP contribution in [0.15, 0.2) is 48.9 Å². The minimum atomic E-state index is -1.64. The van der Waals surface area contributed by atoms with Gasteiger partial charge in [-0.3, -0.25) is 0 Å². The number of aliphatic hydroxyl groups excluding tert-OH is 3. The van der Waals surface area contributed by atoms with Crippen molar-refractivity contribution in [2.24, 2.45) is 0 Å². The number of ether oxygens (including phenoxy) is 1. The molecule has 0 bridgehead atoms. The monoisotopic (exact) mass is 506 g/mol. The number of halogens is 4. The SMILES string of the molecule is OC[C@H]1O[C@@H](c2ncnn2-c2ccccc2F)[C@H](O)[C@@H](n2cc(-c3cc(F)c(F)c(F)c3)nn2)[C@H]1O. The van der Waals surface area contributed by atoms with Crippen molar-refractivity contribution < 1.29 is 37.6 Å². The van der Waals surface area contributed by atoms with E-state index in [1.54, 1.807) is 6.07 Å². The molecule has 5 atom stereocenters. The van der Waals surface area contributed by atoms with E-state index in [1.807, 2.05) is 0 Å². The Hall–Kier alpha value is -3.72. The van der Waals surface area contributed by atoms with Crippen LogP contribution in [0, 0.1) is 23.3 Å². The lowest BCUT2D eigenvalue weighted by Crippen LogP contribution is -2.53. The van der Waals surface area contributed by atoms with E-state index in [-0.39, 0.29) is 22.8 Å². The first-order chi connectivity index (χ1) is 17.3. The van der Waals surface area contributed by atoms with Crippen LogP contribution in [-0.4, -0.2) is 70.0 Å². The predicted molar refractivity (Wildman–Crippen MR) is 112 cm³/mol. The second kappa shape index (κ2) is 9.39. The van der Waals surface area contributed by atoms with Crippen molar-refractivity contribution >= 4 is 0 Å². The predicted octanol–water partition coefficient (Wildman–Crippen LogP) is 1.48. The van der Waals surface area contributed by atoms with Gasteiger partial charge in [0, 0.05) is 5.56 Å². The van der Waals surface area contributed by atoms with Crippen molar-refractivity contribution in [3.8, 4) is 16.9 Å². The lowest BCUT2D eigenvalue weighted by molar-refractivity contribution is -0.210. The standard InChI is InChI=1S/C22H18F4N6O4/c23-11-3-1-2-4-15(11)32-22(27-9-28-32)21-20(35)18(19(34)16(8-33)36-21)31-7-14(29-30-31)10-5-12(24)17(26)13(25)6-10/h1-7,9,16,18-21,33-35H,8H2/t16-,18+,19+,20-,21-/m1/s1. The molecule has 2 aromatic heterocycles. The molecular formula is C22H18F4N6O4. The molecule has 188 valence electrons. The Kier molecular flexibility index (Phi) is 6.26. The van der Waals surface area contributed by atoms with Gasteiger partial charge in [0.25, 0.3) is 0 Å². The number of hydrogen-bond donors (Lipinski definition) is 3. The zero-order valence-electron chi connectivity index (χ0n) is 18.2.